The van der Waals surface area contributed by atoms with Crippen molar-refractivity contribution in [2.24, 2.45) is 17.6 Å². The van der Waals surface area contributed by atoms with E-state index >= 15 is 0 Å². The number of rotatable bonds is 3. The van der Waals surface area contributed by atoms with Crippen molar-refractivity contribution < 1.29 is 9.59 Å². The molecule has 20 heavy (non-hydrogen) atoms. The van der Waals surface area contributed by atoms with E-state index < -0.39 is 0 Å². The van der Waals surface area contributed by atoms with Crippen LogP contribution >= 0.6 is 11.6 Å². The monoisotopic (exact) mass is 292 g/mol. The van der Waals surface area contributed by atoms with Crippen LogP contribution in [0.2, 0.25) is 5.02 Å². The van der Waals surface area contributed by atoms with Crippen LogP contribution in [0.3, 0.4) is 0 Å². The fourth-order valence-corrected chi connectivity index (χ4v) is 3.50. The second-order valence-electron chi connectivity index (χ2n) is 5.54. The molecule has 0 spiro atoms. The Balaban J connectivity index is 1.81. The molecule has 0 radical (unpaired) electrons. The predicted octanol–water partition coefficient (Wildman–Crippen LogP) is 2.08. The maximum absolute atomic E-state index is 12.3. The van der Waals surface area contributed by atoms with E-state index in [1.54, 1.807) is 6.07 Å². The summed E-state index contributed by atoms with van der Waals surface area (Å²) in [6.45, 7) is 0.695. The highest BCUT2D eigenvalue weighted by Gasteiger charge is 2.49. The molecule has 1 saturated carbocycles. The van der Waals surface area contributed by atoms with Gasteiger partial charge in [-0.25, -0.2) is 0 Å². The Morgan fingerprint density at radius 1 is 1.20 bits per heavy atom. The third-order valence-corrected chi connectivity index (χ3v) is 4.72. The number of carbonyl (C=O) groups is 2. The number of benzene rings is 1. The van der Waals surface area contributed by atoms with Gasteiger partial charge in [-0.15, -0.1) is 0 Å². The first-order chi connectivity index (χ1) is 9.61. The molecule has 2 aliphatic rings. The van der Waals surface area contributed by atoms with Crippen LogP contribution in [0, 0.1) is 11.8 Å². The summed E-state index contributed by atoms with van der Waals surface area (Å²) in [4.78, 5) is 25.9. The summed E-state index contributed by atoms with van der Waals surface area (Å²) >= 11 is 6.20. The molecule has 0 bridgehead atoms. The van der Waals surface area contributed by atoms with Gasteiger partial charge in [0.05, 0.1) is 18.4 Å². The number of halogens is 1. The molecule has 1 heterocycles. The Morgan fingerprint density at radius 2 is 1.85 bits per heavy atom. The molecule has 5 heteroatoms. The van der Waals surface area contributed by atoms with Crippen LogP contribution in [0.5, 0.6) is 0 Å². The van der Waals surface area contributed by atoms with Crippen molar-refractivity contribution in [2.45, 2.75) is 32.4 Å². The number of amides is 2. The number of nitrogens with zero attached hydrogens (tertiary/aromatic N) is 1. The number of imide groups is 1. The fourth-order valence-electron chi connectivity index (χ4n) is 3.23. The first kappa shape index (κ1) is 13.6. The third-order valence-electron chi connectivity index (χ3n) is 4.36. The van der Waals surface area contributed by atoms with Crippen LogP contribution in [-0.2, 0) is 22.7 Å². The molecule has 1 saturated heterocycles. The standard InChI is InChI=1S/C15H17ClN2O2/c16-13-6-9(7-17)4-5-10(13)8-18-14(19)11-2-1-3-12(11)15(18)20/h4-6,11-12H,1-3,7-8,17H2. The molecule has 1 aromatic carbocycles. The molecule has 3 rings (SSSR count). The van der Waals surface area contributed by atoms with Crippen LogP contribution in [0.1, 0.15) is 30.4 Å². The molecule has 106 valence electrons. The van der Waals surface area contributed by atoms with Crippen molar-refractivity contribution in [1.82, 2.24) is 4.90 Å². The highest BCUT2D eigenvalue weighted by molar-refractivity contribution is 6.31. The summed E-state index contributed by atoms with van der Waals surface area (Å²) in [5.74, 6) is -0.248. The smallest absolute Gasteiger partial charge is 0.233 e. The van der Waals surface area contributed by atoms with Crippen LogP contribution in [0.15, 0.2) is 18.2 Å². The number of carbonyl (C=O) groups excluding carboxylic acids is 2. The zero-order valence-corrected chi connectivity index (χ0v) is 11.9. The molecule has 1 aliphatic heterocycles. The molecule has 1 aromatic rings. The van der Waals surface area contributed by atoms with Crippen molar-refractivity contribution in [2.75, 3.05) is 0 Å². The number of hydrogen-bond acceptors (Lipinski definition) is 3. The average molecular weight is 293 g/mol. The minimum absolute atomic E-state index is 0.0310. The van der Waals surface area contributed by atoms with Gasteiger partial charge in [0.25, 0.3) is 0 Å². The summed E-state index contributed by atoms with van der Waals surface area (Å²) in [7, 11) is 0. The Kier molecular flexibility index (Phi) is 3.52. The first-order valence-electron chi connectivity index (χ1n) is 6.94. The summed E-state index contributed by atoms with van der Waals surface area (Å²) < 4.78 is 0. The SMILES string of the molecule is NCc1ccc(CN2C(=O)C3CCCC3C2=O)c(Cl)c1. The van der Waals surface area contributed by atoms with E-state index in [0.29, 0.717) is 11.6 Å². The quantitative estimate of drug-likeness (QED) is 0.868. The predicted molar refractivity (Wildman–Crippen MR) is 75.7 cm³/mol. The van der Waals surface area contributed by atoms with Crippen LogP contribution in [0.25, 0.3) is 0 Å². The van der Waals surface area contributed by atoms with Gasteiger partial charge in [0.1, 0.15) is 0 Å². The Morgan fingerprint density at radius 3 is 2.40 bits per heavy atom. The minimum atomic E-state index is -0.0930. The van der Waals surface area contributed by atoms with E-state index in [0.717, 1.165) is 30.4 Å². The lowest BCUT2D eigenvalue weighted by Gasteiger charge is -2.17. The van der Waals surface area contributed by atoms with Gasteiger partial charge in [-0.3, -0.25) is 14.5 Å². The van der Waals surface area contributed by atoms with Gasteiger partial charge in [-0.05, 0) is 30.0 Å². The van der Waals surface area contributed by atoms with E-state index in [1.807, 2.05) is 12.1 Å². The van der Waals surface area contributed by atoms with Gasteiger partial charge < -0.3 is 5.73 Å². The third kappa shape index (κ3) is 2.13. The number of fused-ring (bicyclic) bond motifs is 1. The van der Waals surface area contributed by atoms with Crippen molar-refractivity contribution in [1.29, 1.82) is 0 Å². The average Bonchev–Trinajstić information content (AvgIpc) is 3.00. The van der Waals surface area contributed by atoms with E-state index in [-0.39, 0.29) is 30.2 Å². The van der Waals surface area contributed by atoms with Gasteiger partial charge in [-0.1, -0.05) is 30.2 Å². The van der Waals surface area contributed by atoms with Crippen molar-refractivity contribution in [3.05, 3.63) is 34.3 Å². The topological polar surface area (TPSA) is 63.4 Å². The lowest BCUT2D eigenvalue weighted by Crippen LogP contribution is -2.31. The molecule has 2 atom stereocenters. The van der Waals surface area contributed by atoms with E-state index in [1.165, 1.54) is 4.90 Å². The summed E-state index contributed by atoms with van der Waals surface area (Å²) in [5, 5.41) is 0.561. The Labute approximate surface area is 122 Å². The molecular formula is C15H17ClN2O2. The normalized spacial score (nSPS) is 25.4. The zero-order chi connectivity index (χ0) is 14.3. The molecule has 0 aromatic heterocycles. The van der Waals surface area contributed by atoms with Gasteiger partial charge in [0.15, 0.2) is 0 Å². The lowest BCUT2D eigenvalue weighted by molar-refractivity contribution is -0.141. The van der Waals surface area contributed by atoms with Gasteiger partial charge >= 0.3 is 0 Å². The summed E-state index contributed by atoms with van der Waals surface area (Å²) in [6, 6.07) is 5.52. The zero-order valence-electron chi connectivity index (χ0n) is 11.1. The number of hydrogen-bond donors (Lipinski definition) is 1. The number of likely N-dealkylation sites (tertiary alicyclic amines) is 1. The second kappa shape index (κ2) is 5.19. The van der Waals surface area contributed by atoms with Crippen molar-refractivity contribution >= 4 is 23.4 Å². The molecule has 4 nitrogen and oxygen atoms in total. The van der Waals surface area contributed by atoms with E-state index in [2.05, 4.69) is 0 Å². The van der Waals surface area contributed by atoms with Crippen LogP contribution in [-0.4, -0.2) is 16.7 Å². The van der Waals surface area contributed by atoms with Gasteiger partial charge in [0, 0.05) is 11.6 Å². The lowest BCUT2D eigenvalue weighted by atomic mass is 10.00. The second-order valence-corrected chi connectivity index (χ2v) is 5.94. The molecule has 1 aliphatic carbocycles. The summed E-state index contributed by atoms with van der Waals surface area (Å²) in [6.07, 6.45) is 2.66. The van der Waals surface area contributed by atoms with Gasteiger partial charge in [0.2, 0.25) is 11.8 Å². The maximum atomic E-state index is 12.3. The van der Waals surface area contributed by atoms with Crippen molar-refractivity contribution in [3.8, 4) is 0 Å². The first-order valence-corrected chi connectivity index (χ1v) is 7.32. The Hall–Kier alpha value is -1.39. The van der Waals surface area contributed by atoms with Crippen molar-refractivity contribution in [3.63, 3.8) is 0 Å². The van der Waals surface area contributed by atoms with E-state index in [4.69, 9.17) is 17.3 Å². The molecule has 2 unspecified atom stereocenters. The highest BCUT2D eigenvalue weighted by atomic mass is 35.5. The van der Waals surface area contributed by atoms with E-state index in [9.17, 15) is 9.59 Å². The molecule has 2 N–H and O–H groups in total. The largest absolute Gasteiger partial charge is 0.326 e. The Bertz CT molecular complexity index is 551. The maximum Gasteiger partial charge on any atom is 0.233 e. The molecular weight excluding hydrogens is 276 g/mol. The molecule has 2 fully saturated rings. The van der Waals surface area contributed by atoms with Gasteiger partial charge in [-0.2, -0.15) is 0 Å². The van der Waals surface area contributed by atoms with Crippen LogP contribution in [0.4, 0.5) is 0 Å². The highest BCUT2D eigenvalue weighted by Crippen LogP contribution is 2.40. The van der Waals surface area contributed by atoms with Crippen LogP contribution < -0.4 is 5.73 Å². The fraction of sp³-hybridized carbons (Fsp3) is 0.467. The summed E-state index contributed by atoms with van der Waals surface area (Å²) in [5.41, 5.74) is 7.30. The number of nitrogens with two attached hydrogens (primary N) is 1. The molecule has 2 amide bonds. The minimum Gasteiger partial charge on any atom is -0.326 e.